The molecule has 0 atom stereocenters. The smallest absolute Gasteiger partial charge is 0.331 e. The number of carbonyl (C=O) groups is 2. The minimum atomic E-state index is -1.17. The second-order valence-corrected chi connectivity index (χ2v) is 2.76. The third-order valence-electron chi connectivity index (χ3n) is 1.59. The van der Waals surface area contributed by atoms with E-state index < -0.39 is 11.9 Å². The van der Waals surface area contributed by atoms with Gasteiger partial charge in [-0.3, -0.25) is 0 Å². The number of carboxylic acid groups (broad SMARTS) is 1. The molecule has 1 rings (SSSR count). The van der Waals surface area contributed by atoms with Gasteiger partial charge in [-0.25, -0.2) is 9.59 Å². The quantitative estimate of drug-likeness (QED) is 0.534. The number of ether oxygens (including phenoxy) is 1. The molecule has 0 unspecified atom stereocenters. The Kier molecular flexibility index (Phi) is 21.5. The van der Waals surface area contributed by atoms with E-state index in [1.165, 1.54) is 14.1 Å². The summed E-state index contributed by atoms with van der Waals surface area (Å²) >= 11 is 0. The number of hydrogen-bond acceptors (Lipinski definition) is 5. The third-order valence-corrected chi connectivity index (χ3v) is 1.59. The van der Waals surface area contributed by atoms with Crippen molar-refractivity contribution in [2.45, 2.75) is 6.61 Å². The second kappa shape index (κ2) is 17.9. The number of hydrogen-bond donors (Lipinski definition) is 3. The first-order valence-corrected chi connectivity index (χ1v) is 5.45. The van der Waals surface area contributed by atoms with Gasteiger partial charge in [-0.15, -0.1) is 0 Å². The van der Waals surface area contributed by atoms with Crippen molar-refractivity contribution in [3.05, 3.63) is 48.0 Å². The number of benzene rings is 1. The molecule has 0 saturated heterocycles. The van der Waals surface area contributed by atoms with Gasteiger partial charge in [0, 0.05) is 44.9 Å². The van der Waals surface area contributed by atoms with Crippen LogP contribution in [-0.4, -0.2) is 31.1 Å². The van der Waals surface area contributed by atoms with E-state index in [-0.39, 0.29) is 39.3 Å². The van der Waals surface area contributed by atoms with Crippen LogP contribution in [0.25, 0.3) is 0 Å². The number of nitrogens with two attached hydrogens (primary N) is 2. The maximum atomic E-state index is 10.9. The molecule has 0 amide bonds. The standard InChI is InChI=1S/C11H10O4.2CH5N.Y/c12-10(13)6-7-11(14)15-8-9-4-2-1-3-5-9;2*1-2;/h1-7H,8H2,(H,12,13);2*2H2,1H3;/b7-6-;;;. The molecule has 109 valence electrons. The molecule has 7 heteroatoms. The summed E-state index contributed by atoms with van der Waals surface area (Å²) in [6.45, 7) is 0.142. The number of carbonyl (C=O) groups excluding carboxylic acids is 1. The molecule has 0 saturated carbocycles. The number of rotatable bonds is 4. The van der Waals surface area contributed by atoms with Crippen molar-refractivity contribution >= 4 is 11.9 Å². The summed E-state index contributed by atoms with van der Waals surface area (Å²) in [6, 6.07) is 9.14. The van der Waals surface area contributed by atoms with Crippen LogP contribution in [0.4, 0.5) is 0 Å². The van der Waals surface area contributed by atoms with Crippen LogP contribution < -0.4 is 11.5 Å². The van der Waals surface area contributed by atoms with Crippen molar-refractivity contribution in [3.63, 3.8) is 0 Å². The third kappa shape index (κ3) is 15.0. The van der Waals surface area contributed by atoms with Crippen LogP contribution in [0.1, 0.15) is 5.56 Å². The van der Waals surface area contributed by atoms with Crippen LogP contribution in [-0.2, 0) is 53.6 Å². The maximum Gasteiger partial charge on any atom is 0.331 e. The van der Waals surface area contributed by atoms with Crippen molar-refractivity contribution in [3.8, 4) is 0 Å². The Morgan fingerprint density at radius 1 is 1.10 bits per heavy atom. The molecule has 0 aliphatic heterocycles. The fourth-order valence-electron chi connectivity index (χ4n) is 0.916. The number of esters is 1. The SMILES string of the molecule is CN.CN.O=C(O)/C=C\C(=O)OCc1ccccc1.[Y]. The van der Waals surface area contributed by atoms with Crippen LogP contribution in [0.2, 0.25) is 0 Å². The van der Waals surface area contributed by atoms with Gasteiger partial charge < -0.3 is 21.3 Å². The minimum absolute atomic E-state index is 0. The molecule has 5 N–H and O–H groups in total. The second-order valence-electron chi connectivity index (χ2n) is 2.76. The Labute approximate surface area is 144 Å². The molecular weight excluding hydrogens is 337 g/mol. The number of carboxylic acids is 1. The van der Waals surface area contributed by atoms with Gasteiger partial charge >= 0.3 is 11.9 Å². The van der Waals surface area contributed by atoms with Crippen molar-refractivity contribution < 1.29 is 52.1 Å². The average Bonchev–Trinajstić information content (AvgIpc) is 2.48. The summed E-state index contributed by atoms with van der Waals surface area (Å²) in [4.78, 5) is 21.0. The summed E-state index contributed by atoms with van der Waals surface area (Å²) in [5, 5.41) is 8.25. The molecule has 20 heavy (non-hydrogen) atoms. The first kappa shape index (κ1) is 24.0. The number of aliphatic carboxylic acids is 1. The van der Waals surface area contributed by atoms with Crippen molar-refractivity contribution in [1.29, 1.82) is 0 Å². The summed E-state index contributed by atoms with van der Waals surface area (Å²) in [5.74, 6) is -1.84. The van der Waals surface area contributed by atoms with Crippen molar-refractivity contribution in [2.24, 2.45) is 11.5 Å². The fraction of sp³-hybridized carbons (Fsp3) is 0.231. The predicted octanol–water partition coefficient (Wildman–Crippen LogP) is 0.518. The Morgan fingerprint density at radius 2 is 1.60 bits per heavy atom. The summed E-state index contributed by atoms with van der Waals surface area (Å²) in [5.41, 5.74) is 9.86. The van der Waals surface area contributed by atoms with E-state index >= 15 is 0 Å². The van der Waals surface area contributed by atoms with Crippen LogP contribution in [0.5, 0.6) is 0 Å². The summed E-state index contributed by atoms with van der Waals surface area (Å²) in [6.07, 6.45) is 1.62. The van der Waals surface area contributed by atoms with E-state index in [1.807, 2.05) is 30.3 Å². The first-order valence-electron chi connectivity index (χ1n) is 5.45. The average molecular weight is 357 g/mol. The van der Waals surface area contributed by atoms with E-state index in [0.717, 1.165) is 17.7 Å². The molecule has 0 aliphatic carbocycles. The minimum Gasteiger partial charge on any atom is -0.478 e. The van der Waals surface area contributed by atoms with Crippen LogP contribution in [0.15, 0.2) is 42.5 Å². The predicted molar refractivity (Wildman–Crippen MR) is 73.2 cm³/mol. The van der Waals surface area contributed by atoms with Gasteiger partial charge in [-0.2, -0.15) is 0 Å². The molecule has 0 bridgehead atoms. The Morgan fingerprint density at radius 3 is 2.05 bits per heavy atom. The molecule has 0 spiro atoms. The molecule has 1 radical (unpaired) electrons. The zero-order valence-corrected chi connectivity index (χ0v) is 14.5. The maximum absolute atomic E-state index is 10.9. The largest absolute Gasteiger partial charge is 0.478 e. The van der Waals surface area contributed by atoms with Gasteiger partial charge in [-0.05, 0) is 19.7 Å². The van der Waals surface area contributed by atoms with E-state index in [1.54, 1.807) is 0 Å². The van der Waals surface area contributed by atoms with Crippen molar-refractivity contribution in [2.75, 3.05) is 14.1 Å². The molecule has 0 aromatic heterocycles. The zero-order chi connectivity index (χ0) is 15.1. The molecular formula is C13H20N2O4Y. The van der Waals surface area contributed by atoms with Crippen LogP contribution >= 0.6 is 0 Å². The molecule has 0 aliphatic rings. The molecule has 0 heterocycles. The zero-order valence-electron chi connectivity index (χ0n) is 11.7. The van der Waals surface area contributed by atoms with Gasteiger partial charge in [0.25, 0.3) is 0 Å². The Balaban J connectivity index is -0.000000529. The molecule has 6 nitrogen and oxygen atoms in total. The van der Waals surface area contributed by atoms with Gasteiger partial charge in [0.1, 0.15) is 6.61 Å². The van der Waals surface area contributed by atoms with Gasteiger partial charge in [0.05, 0.1) is 0 Å². The van der Waals surface area contributed by atoms with E-state index in [0.29, 0.717) is 0 Å². The fourth-order valence-corrected chi connectivity index (χ4v) is 0.916. The van der Waals surface area contributed by atoms with E-state index in [9.17, 15) is 9.59 Å². The normalized spacial score (nSPS) is 8.20. The Bertz CT molecular complexity index is 383. The van der Waals surface area contributed by atoms with Crippen LogP contribution in [0.3, 0.4) is 0 Å². The van der Waals surface area contributed by atoms with Crippen molar-refractivity contribution in [1.82, 2.24) is 0 Å². The molecule has 1 aromatic carbocycles. The Hall–Kier alpha value is -1.08. The molecule has 0 fully saturated rings. The topological polar surface area (TPSA) is 116 Å². The summed E-state index contributed by atoms with van der Waals surface area (Å²) < 4.78 is 4.79. The van der Waals surface area contributed by atoms with E-state index in [4.69, 9.17) is 9.84 Å². The van der Waals surface area contributed by atoms with Gasteiger partial charge in [-0.1, -0.05) is 30.3 Å². The van der Waals surface area contributed by atoms with Gasteiger partial charge in [0.2, 0.25) is 0 Å². The van der Waals surface area contributed by atoms with E-state index in [2.05, 4.69) is 11.5 Å². The summed E-state index contributed by atoms with van der Waals surface area (Å²) in [7, 11) is 3.00. The molecule has 1 aromatic rings. The van der Waals surface area contributed by atoms with Crippen LogP contribution in [0, 0.1) is 0 Å². The monoisotopic (exact) mass is 357 g/mol. The van der Waals surface area contributed by atoms with Gasteiger partial charge in [0.15, 0.2) is 0 Å². The first-order chi connectivity index (χ1) is 9.18.